The van der Waals surface area contributed by atoms with E-state index in [0.29, 0.717) is 0 Å². The highest BCUT2D eigenvalue weighted by atomic mass is 15.3. The van der Waals surface area contributed by atoms with Crippen LogP contribution in [0, 0.1) is 0 Å². The van der Waals surface area contributed by atoms with E-state index in [1.165, 1.54) is 0 Å². The van der Waals surface area contributed by atoms with Gasteiger partial charge in [-0.2, -0.15) is 0 Å². The minimum Gasteiger partial charge on any atom is -0.326 e. The second kappa shape index (κ2) is 3.67. The third-order valence-corrected chi connectivity index (χ3v) is 2.52. The van der Waals surface area contributed by atoms with Crippen LogP contribution in [0.2, 0.25) is 0 Å². The topological polar surface area (TPSA) is 60.0 Å². The predicted octanol–water partition coefficient (Wildman–Crippen LogP) is -0.387. The van der Waals surface area contributed by atoms with Crippen molar-refractivity contribution in [3.05, 3.63) is 11.6 Å². The molecular weight excluding hydrogens is 178 g/mol. The fourth-order valence-electron chi connectivity index (χ4n) is 1.81. The Kier molecular flexibility index (Phi) is 2.52. The summed E-state index contributed by atoms with van der Waals surface area (Å²) in [5.74, 6) is 2.11. The summed E-state index contributed by atoms with van der Waals surface area (Å²) in [6, 6.07) is 0.263. The highest BCUT2D eigenvalue weighted by Crippen LogP contribution is 2.14. The molecule has 0 aromatic carbocycles. The Labute approximate surface area is 83.9 Å². The summed E-state index contributed by atoms with van der Waals surface area (Å²) in [5.41, 5.74) is 5.92. The summed E-state index contributed by atoms with van der Waals surface area (Å²) < 4.78 is 2.16. The first-order valence-corrected chi connectivity index (χ1v) is 4.98. The molecule has 0 saturated heterocycles. The molecule has 0 fully saturated rings. The van der Waals surface area contributed by atoms with Crippen LogP contribution in [0.3, 0.4) is 0 Å². The van der Waals surface area contributed by atoms with E-state index in [2.05, 4.69) is 19.7 Å². The van der Waals surface area contributed by atoms with E-state index in [1.54, 1.807) is 0 Å². The van der Waals surface area contributed by atoms with Crippen LogP contribution in [-0.2, 0) is 19.5 Å². The quantitative estimate of drug-likeness (QED) is 0.698. The van der Waals surface area contributed by atoms with Crippen LogP contribution >= 0.6 is 0 Å². The summed E-state index contributed by atoms with van der Waals surface area (Å²) in [6.07, 6.45) is 1.99. The molecular formula is C9H17N5. The van der Waals surface area contributed by atoms with Gasteiger partial charge in [0, 0.05) is 19.0 Å². The third kappa shape index (κ3) is 1.78. The number of fused-ring (bicyclic) bond motifs is 1. The second-order valence-corrected chi connectivity index (χ2v) is 4.18. The van der Waals surface area contributed by atoms with Gasteiger partial charge in [0.25, 0.3) is 0 Å². The molecule has 0 radical (unpaired) electrons. The zero-order valence-electron chi connectivity index (χ0n) is 8.77. The number of nitrogens with two attached hydrogens (primary N) is 1. The first kappa shape index (κ1) is 9.61. The van der Waals surface area contributed by atoms with Gasteiger partial charge in [0.1, 0.15) is 11.6 Å². The van der Waals surface area contributed by atoms with Gasteiger partial charge in [0.2, 0.25) is 0 Å². The van der Waals surface area contributed by atoms with Crippen molar-refractivity contribution in [3.8, 4) is 0 Å². The van der Waals surface area contributed by atoms with E-state index in [9.17, 15) is 0 Å². The van der Waals surface area contributed by atoms with Crippen molar-refractivity contribution in [2.45, 2.75) is 32.0 Å². The SMILES string of the molecule is CN(C)Cc1nnc2n1CC(N)CC2. The smallest absolute Gasteiger partial charge is 0.147 e. The van der Waals surface area contributed by atoms with Gasteiger partial charge in [-0.15, -0.1) is 10.2 Å². The molecule has 2 N–H and O–H groups in total. The lowest BCUT2D eigenvalue weighted by Gasteiger charge is -2.21. The molecule has 5 nitrogen and oxygen atoms in total. The molecule has 1 aliphatic rings. The van der Waals surface area contributed by atoms with Crippen molar-refractivity contribution >= 4 is 0 Å². The van der Waals surface area contributed by atoms with Gasteiger partial charge in [-0.25, -0.2) is 0 Å². The van der Waals surface area contributed by atoms with E-state index in [1.807, 2.05) is 14.1 Å². The number of aryl methyl sites for hydroxylation is 1. The Morgan fingerprint density at radius 2 is 2.29 bits per heavy atom. The van der Waals surface area contributed by atoms with Crippen LogP contribution in [0.1, 0.15) is 18.1 Å². The second-order valence-electron chi connectivity index (χ2n) is 4.18. The largest absolute Gasteiger partial charge is 0.326 e. The number of hydrogen-bond acceptors (Lipinski definition) is 4. The molecule has 1 aliphatic heterocycles. The highest BCUT2D eigenvalue weighted by Gasteiger charge is 2.20. The van der Waals surface area contributed by atoms with Gasteiger partial charge in [0.05, 0.1) is 6.54 Å². The maximum atomic E-state index is 5.92. The first-order chi connectivity index (χ1) is 6.66. The molecule has 0 bridgehead atoms. The van der Waals surface area contributed by atoms with E-state index in [4.69, 9.17) is 5.73 Å². The van der Waals surface area contributed by atoms with Crippen molar-refractivity contribution in [2.75, 3.05) is 14.1 Å². The van der Waals surface area contributed by atoms with Crippen molar-refractivity contribution < 1.29 is 0 Å². The molecule has 1 aromatic rings. The average molecular weight is 195 g/mol. The normalized spacial score (nSPS) is 21.3. The molecule has 0 saturated carbocycles. The first-order valence-electron chi connectivity index (χ1n) is 4.98. The standard InChI is InChI=1S/C9H17N5/c1-13(2)6-9-12-11-8-4-3-7(10)5-14(8)9/h7H,3-6,10H2,1-2H3. The zero-order valence-corrected chi connectivity index (χ0v) is 8.77. The summed E-state index contributed by atoms with van der Waals surface area (Å²) >= 11 is 0. The molecule has 78 valence electrons. The van der Waals surface area contributed by atoms with E-state index in [-0.39, 0.29) is 6.04 Å². The third-order valence-electron chi connectivity index (χ3n) is 2.52. The zero-order chi connectivity index (χ0) is 10.1. The maximum absolute atomic E-state index is 5.92. The van der Waals surface area contributed by atoms with Crippen molar-refractivity contribution in [2.24, 2.45) is 5.73 Å². The lowest BCUT2D eigenvalue weighted by Crippen LogP contribution is -2.33. The van der Waals surface area contributed by atoms with Crippen LogP contribution in [-0.4, -0.2) is 39.8 Å². The Hall–Kier alpha value is -0.940. The maximum Gasteiger partial charge on any atom is 0.147 e. The van der Waals surface area contributed by atoms with Gasteiger partial charge >= 0.3 is 0 Å². The van der Waals surface area contributed by atoms with E-state index < -0.39 is 0 Å². The molecule has 0 amide bonds. The molecule has 5 heteroatoms. The lowest BCUT2D eigenvalue weighted by atomic mass is 10.1. The van der Waals surface area contributed by atoms with Gasteiger partial charge in [-0.05, 0) is 20.5 Å². The van der Waals surface area contributed by atoms with Gasteiger partial charge < -0.3 is 15.2 Å². The Balaban J connectivity index is 2.22. The minimum atomic E-state index is 0.263. The van der Waals surface area contributed by atoms with Crippen LogP contribution in [0.15, 0.2) is 0 Å². The molecule has 14 heavy (non-hydrogen) atoms. The van der Waals surface area contributed by atoms with Crippen LogP contribution < -0.4 is 5.73 Å². The number of aromatic nitrogens is 3. The molecule has 2 rings (SSSR count). The Bertz CT molecular complexity index is 317. The van der Waals surface area contributed by atoms with Gasteiger partial charge in [-0.3, -0.25) is 0 Å². The number of rotatable bonds is 2. The summed E-state index contributed by atoms with van der Waals surface area (Å²) in [7, 11) is 4.06. The average Bonchev–Trinajstić information content (AvgIpc) is 2.47. The van der Waals surface area contributed by atoms with Crippen LogP contribution in [0.25, 0.3) is 0 Å². The summed E-state index contributed by atoms with van der Waals surface area (Å²) in [4.78, 5) is 2.09. The fraction of sp³-hybridized carbons (Fsp3) is 0.778. The Morgan fingerprint density at radius 3 is 3.00 bits per heavy atom. The van der Waals surface area contributed by atoms with Gasteiger partial charge in [-0.1, -0.05) is 0 Å². The number of nitrogens with zero attached hydrogens (tertiary/aromatic N) is 4. The van der Waals surface area contributed by atoms with Gasteiger partial charge in [0.15, 0.2) is 0 Å². The fourth-order valence-corrected chi connectivity index (χ4v) is 1.81. The predicted molar refractivity (Wildman–Crippen MR) is 53.7 cm³/mol. The van der Waals surface area contributed by atoms with Crippen LogP contribution in [0.4, 0.5) is 0 Å². The molecule has 1 aromatic heterocycles. The Morgan fingerprint density at radius 1 is 1.50 bits per heavy atom. The van der Waals surface area contributed by atoms with Crippen molar-refractivity contribution in [1.82, 2.24) is 19.7 Å². The highest BCUT2D eigenvalue weighted by molar-refractivity contribution is 5.00. The lowest BCUT2D eigenvalue weighted by molar-refractivity contribution is 0.365. The van der Waals surface area contributed by atoms with Crippen molar-refractivity contribution in [1.29, 1.82) is 0 Å². The van der Waals surface area contributed by atoms with E-state index >= 15 is 0 Å². The number of hydrogen-bond donors (Lipinski definition) is 1. The molecule has 0 spiro atoms. The molecule has 1 atom stereocenters. The summed E-state index contributed by atoms with van der Waals surface area (Å²) in [5, 5.41) is 8.36. The van der Waals surface area contributed by atoms with Crippen molar-refractivity contribution in [3.63, 3.8) is 0 Å². The van der Waals surface area contributed by atoms with E-state index in [0.717, 1.165) is 37.6 Å². The summed E-state index contributed by atoms with van der Waals surface area (Å²) in [6.45, 7) is 1.70. The molecule has 0 aliphatic carbocycles. The molecule has 2 heterocycles. The monoisotopic (exact) mass is 195 g/mol. The van der Waals surface area contributed by atoms with Crippen LogP contribution in [0.5, 0.6) is 0 Å². The minimum absolute atomic E-state index is 0.263. The molecule has 1 unspecified atom stereocenters.